The molecule has 0 spiro atoms. The summed E-state index contributed by atoms with van der Waals surface area (Å²) < 4.78 is 5.76. The van der Waals surface area contributed by atoms with Gasteiger partial charge in [0.2, 0.25) is 0 Å². The van der Waals surface area contributed by atoms with Gasteiger partial charge in [-0.25, -0.2) is 0 Å². The third kappa shape index (κ3) is 5.98. The van der Waals surface area contributed by atoms with Crippen molar-refractivity contribution in [1.82, 2.24) is 0 Å². The zero-order chi connectivity index (χ0) is 16.8. The van der Waals surface area contributed by atoms with Crippen molar-refractivity contribution in [2.24, 2.45) is 17.3 Å². The maximum absolute atomic E-state index is 12.9. The molecule has 1 saturated carbocycles. The molecule has 22 heavy (non-hydrogen) atoms. The highest BCUT2D eigenvalue weighted by molar-refractivity contribution is 5.83. The molecule has 0 unspecified atom stereocenters. The van der Waals surface area contributed by atoms with E-state index >= 15 is 0 Å². The molecule has 1 aliphatic carbocycles. The minimum Gasteiger partial charge on any atom is -0.481 e. The summed E-state index contributed by atoms with van der Waals surface area (Å²) in [5, 5.41) is 9.32. The Balaban J connectivity index is 2.92. The van der Waals surface area contributed by atoms with Crippen LogP contribution in [0.2, 0.25) is 0 Å². The summed E-state index contributed by atoms with van der Waals surface area (Å²) in [6, 6.07) is 0. The number of ether oxygens (including phenoxy) is 1. The SMILES string of the molecule is CC(C)CC(CC(=O)O)(CC(C)C)C(=O)OC1CCCCC1. The second-order valence-electron chi connectivity index (χ2n) is 7.71. The van der Waals surface area contributed by atoms with E-state index in [1.54, 1.807) is 0 Å². The van der Waals surface area contributed by atoms with Crippen LogP contribution in [-0.4, -0.2) is 23.1 Å². The lowest BCUT2D eigenvalue weighted by Crippen LogP contribution is -2.40. The predicted molar refractivity (Wildman–Crippen MR) is 86.6 cm³/mol. The van der Waals surface area contributed by atoms with E-state index in [9.17, 15) is 14.7 Å². The van der Waals surface area contributed by atoms with Crippen molar-refractivity contribution in [3.8, 4) is 0 Å². The molecule has 0 amide bonds. The van der Waals surface area contributed by atoms with Crippen LogP contribution in [0.5, 0.6) is 0 Å². The largest absolute Gasteiger partial charge is 0.481 e. The quantitative estimate of drug-likeness (QED) is 0.674. The van der Waals surface area contributed by atoms with Crippen LogP contribution in [0.3, 0.4) is 0 Å². The molecule has 0 saturated heterocycles. The molecule has 1 fully saturated rings. The molecule has 0 aromatic rings. The number of hydrogen-bond acceptors (Lipinski definition) is 3. The zero-order valence-corrected chi connectivity index (χ0v) is 14.6. The molecule has 0 aromatic carbocycles. The molecule has 1 rings (SSSR count). The first-order valence-electron chi connectivity index (χ1n) is 8.68. The topological polar surface area (TPSA) is 63.6 Å². The van der Waals surface area contributed by atoms with Crippen LogP contribution < -0.4 is 0 Å². The van der Waals surface area contributed by atoms with Gasteiger partial charge in [0.15, 0.2) is 0 Å². The number of carbonyl (C=O) groups excluding carboxylic acids is 1. The van der Waals surface area contributed by atoms with Gasteiger partial charge in [0.05, 0.1) is 11.8 Å². The molecule has 128 valence electrons. The lowest BCUT2D eigenvalue weighted by molar-refractivity contribution is -0.170. The Morgan fingerprint density at radius 2 is 1.55 bits per heavy atom. The van der Waals surface area contributed by atoms with Gasteiger partial charge in [0, 0.05) is 0 Å². The van der Waals surface area contributed by atoms with Crippen molar-refractivity contribution in [2.75, 3.05) is 0 Å². The maximum Gasteiger partial charge on any atom is 0.312 e. The predicted octanol–water partition coefficient (Wildman–Crippen LogP) is 4.42. The summed E-state index contributed by atoms with van der Waals surface area (Å²) in [7, 11) is 0. The second-order valence-corrected chi connectivity index (χ2v) is 7.71. The minimum atomic E-state index is -0.915. The highest BCUT2D eigenvalue weighted by Crippen LogP contribution is 2.39. The van der Waals surface area contributed by atoms with Crippen LogP contribution in [0.4, 0.5) is 0 Å². The summed E-state index contributed by atoms with van der Waals surface area (Å²) in [5.41, 5.74) is -0.883. The van der Waals surface area contributed by atoms with Crippen molar-refractivity contribution in [3.05, 3.63) is 0 Å². The summed E-state index contributed by atoms with van der Waals surface area (Å²) in [5.74, 6) is -0.680. The van der Waals surface area contributed by atoms with E-state index < -0.39 is 11.4 Å². The smallest absolute Gasteiger partial charge is 0.312 e. The van der Waals surface area contributed by atoms with E-state index in [1.807, 2.05) is 27.7 Å². The first kappa shape index (κ1) is 19.0. The molecule has 4 nitrogen and oxygen atoms in total. The monoisotopic (exact) mass is 312 g/mol. The molecule has 0 aliphatic heterocycles. The Labute approximate surface area is 134 Å². The summed E-state index contributed by atoms with van der Waals surface area (Å²) >= 11 is 0. The van der Waals surface area contributed by atoms with Crippen LogP contribution >= 0.6 is 0 Å². The van der Waals surface area contributed by atoms with Gasteiger partial charge in [-0.2, -0.15) is 0 Å². The Bertz CT molecular complexity index is 357. The van der Waals surface area contributed by atoms with Crippen LogP contribution in [-0.2, 0) is 14.3 Å². The fourth-order valence-corrected chi connectivity index (χ4v) is 3.78. The van der Waals surface area contributed by atoms with Gasteiger partial charge in [-0.1, -0.05) is 34.1 Å². The van der Waals surface area contributed by atoms with E-state index in [0.29, 0.717) is 12.8 Å². The van der Waals surface area contributed by atoms with Gasteiger partial charge in [-0.15, -0.1) is 0 Å². The third-order valence-electron chi connectivity index (χ3n) is 4.35. The summed E-state index contributed by atoms with van der Waals surface area (Å²) in [4.78, 5) is 24.2. The molecule has 0 bridgehead atoms. The number of rotatable bonds is 8. The van der Waals surface area contributed by atoms with Gasteiger partial charge >= 0.3 is 11.9 Å². The molecule has 1 aliphatic rings. The van der Waals surface area contributed by atoms with E-state index in [4.69, 9.17) is 4.74 Å². The molecule has 4 heteroatoms. The average Bonchev–Trinajstić information content (AvgIpc) is 2.37. The van der Waals surface area contributed by atoms with Gasteiger partial charge in [-0.05, 0) is 50.4 Å². The molecule has 0 heterocycles. The molecule has 0 atom stereocenters. The molecule has 0 radical (unpaired) electrons. The van der Waals surface area contributed by atoms with Crippen molar-refractivity contribution in [3.63, 3.8) is 0 Å². The van der Waals surface area contributed by atoms with Crippen LogP contribution in [0.1, 0.15) is 79.1 Å². The van der Waals surface area contributed by atoms with Gasteiger partial charge in [0.25, 0.3) is 0 Å². The fraction of sp³-hybridized carbons (Fsp3) is 0.889. The van der Waals surface area contributed by atoms with Crippen LogP contribution in [0.15, 0.2) is 0 Å². The Kier molecular flexibility index (Phi) is 7.37. The van der Waals surface area contributed by atoms with Crippen molar-refractivity contribution >= 4 is 11.9 Å². The van der Waals surface area contributed by atoms with Gasteiger partial charge < -0.3 is 9.84 Å². The lowest BCUT2D eigenvalue weighted by atomic mass is 9.72. The maximum atomic E-state index is 12.9. The van der Waals surface area contributed by atoms with Crippen molar-refractivity contribution < 1.29 is 19.4 Å². The van der Waals surface area contributed by atoms with Gasteiger partial charge in [0.1, 0.15) is 6.10 Å². The Hall–Kier alpha value is -1.06. The molecule has 1 N–H and O–H groups in total. The fourth-order valence-electron chi connectivity index (χ4n) is 3.78. The van der Waals surface area contributed by atoms with E-state index in [-0.39, 0.29) is 30.3 Å². The third-order valence-corrected chi connectivity index (χ3v) is 4.35. The number of hydrogen-bond donors (Lipinski definition) is 1. The number of esters is 1. The lowest BCUT2D eigenvalue weighted by Gasteiger charge is -2.35. The average molecular weight is 312 g/mol. The van der Waals surface area contributed by atoms with E-state index in [2.05, 4.69) is 0 Å². The second kappa shape index (κ2) is 8.54. The van der Waals surface area contributed by atoms with E-state index in [1.165, 1.54) is 6.42 Å². The number of aliphatic carboxylic acids is 1. The van der Waals surface area contributed by atoms with Crippen molar-refractivity contribution in [2.45, 2.75) is 85.2 Å². The number of carboxylic acids is 1. The highest BCUT2D eigenvalue weighted by atomic mass is 16.5. The highest BCUT2D eigenvalue weighted by Gasteiger charge is 2.43. The summed E-state index contributed by atoms with van der Waals surface area (Å²) in [6.45, 7) is 8.13. The minimum absolute atomic E-state index is 0.0197. The Morgan fingerprint density at radius 3 is 1.95 bits per heavy atom. The normalized spacial score (nSPS) is 17.0. The number of carbonyl (C=O) groups is 2. The molecular weight excluding hydrogens is 280 g/mol. The first-order chi connectivity index (χ1) is 10.2. The first-order valence-corrected chi connectivity index (χ1v) is 8.68. The van der Waals surface area contributed by atoms with Crippen LogP contribution in [0, 0.1) is 17.3 Å². The van der Waals surface area contributed by atoms with Gasteiger partial charge in [-0.3, -0.25) is 9.59 Å². The van der Waals surface area contributed by atoms with Crippen LogP contribution in [0.25, 0.3) is 0 Å². The van der Waals surface area contributed by atoms with E-state index in [0.717, 1.165) is 25.7 Å². The molecular formula is C18H32O4. The standard InChI is InChI=1S/C18H32O4/c1-13(2)10-18(11-14(3)4,12-16(19)20)17(21)22-15-8-6-5-7-9-15/h13-15H,5-12H2,1-4H3,(H,19,20). The van der Waals surface area contributed by atoms with Crippen molar-refractivity contribution in [1.29, 1.82) is 0 Å². The number of carboxylic acid groups (broad SMARTS) is 1. The Morgan fingerprint density at radius 1 is 1.05 bits per heavy atom. The zero-order valence-electron chi connectivity index (χ0n) is 14.6. The summed E-state index contributed by atoms with van der Waals surface area (Å²) in [6.07, 6.45) is 6.22. The molecule has 0 aromatic heterocycles.